The molecule has 0 aliphatic rings. The number of imidazole rings is 1. The lowest BCUT2D eigenvalue weighted by Crippen LogP contribution is -1.97. The van der Waals surface area contributed by atoms with E-state index in [0.717, 1.165) is 5.69 Å². The van der Waals surface area contributed by atoms with E-state index in [2.05, 4.69) is 26.0 Å². The van der Waals surface area contributed by atoms with Crippen molar-refractivity contribution in [2.75, 3.05) is 0 Å². The Morgan fingerprint density at radius 3 is 2.61 bits per heavy atom. The van der Waals surface area contributed by atoms with Gasteiger partial charge in [0.2, 0.25) is 0 Å². The zero-order valence-electron chi connectivity index (χ0n) is 11.3. The van der Waals surface area contributed by atoms with Gasteiger partial charge in [-0.15, -0.1) is 0 Å². The average Bonchev–Trinajstić information content (AvgIpc) is 2.70. The minimum atomic E-state index is -0.670. The van der Waals surface area contributed by atoms with Crippen LogP contribution in [0.4, 0.5) is 4.39 Å². The summed E-state index contributed by atoms with van der Waals surface area (Å²) in [6, 6.07) is 1.31. The van der Waals surface area contributed by atoms with Crippen molar-refractivity contribution in [2.45, 2.75) is 40.0 Å². The summed E-state index contributed by atoms with van der Waals surface area (Å²) in [5.74, 6) is -0.406. The quantitative estimate of drug-likeness (QED) is 0.830. The second-order valence-electron chi connectivity index (χ2n) is 4.23. The Labute approximate surface area is 108 Å². The summed E-state index contributed by atoms with van der Waals surface area (Å²) < 4.78 is 15.0. The lowest BCUT2D eigenvalue weighted by molar-refractivity contribution is 0.198. The molecule has 1 radical (unpaired) electrons. The maximum atomic E-state index is 13.4. The summed E-state index contributed by atoms with van der Waals surface area (Å²) in [6.45, 7) is 7.58. The number of nitrogens with zero attached hydrogens (tertiary/aromatic N) is 2. The summed E-state index contributed by atoms with van der Waals surface area (Å²) in [5.41, 5.74) is 1.60. The lowest BCUT2D eigenvalue weighted by Gasteiger charge is -2.05. The van der Waals surface area contributed by atoms with Crippen LogP contribution in [0.2, 0.25) is 13.1 Å². The molecule has 0 fully saturated rings. The van der Waals surface area contributed by atoms with E-state index in [1.165, 1.54) is 12.4 Å². The summed E-state index contributed by atoms with van der Waals surface area (Å²) >= 11 is 0. The fraction of sp³-hybridized carbons (Fsp3) is 0.462. The highest BCUT2D eigenvalue weighted by Crippen LogP contribution is 2.17. The van der Waals surface area contributed by atoms with Gasteiger partial charge in [-0.3, -0.25) is 0 Å². The average molecular weight is 249 g/mol. The molecule has 0 bridgehead atoms. The SMILES string of the molecule is C[B]CC.Cc1cn2cc(C(C)O)cc(F)c2n1. The molecule has 2 rings (SSSR count). The van der Waals surface area contributed by atoms with Gasteiger partial charge >= 0.3 is 0 Å². The molecule has 0 saturated carbocycles. The molecule has 1 unspecified atom stereocenters. The third kappa shape index (κ3) is 3.57. The Kier molecular flexibility index (Phi) is 5.35. The molecule has 2 aromatic heterocycles. The Bertz CT molecular complexity index is 509. The first-order chi connectivity index (χ1) is 8.49. The van der Waals surface area contributed by atoms with Crippen molar-refractivity contribution in [2.24, 2.45) is 0 Å². The van der Waals surface area contributed by atoms with Crippen LogP contribution in [0.25, 0.3) is 5.65 Å². The first-order valence-corrected chi connectivity index (χ1v) is 6.10. The summed E-state index contributed by atoms with van der Waals surface area (Å²) in [5, 5.41) is 9.31. The minimum absolute atomic E-state index is 0.298. The van der Waals surface area contributed by atoms with E-state index in [-0.39, 0.29) is 0 Å². The number of aromatic nitrogens is 2. The Morgan fingerprint density at radius 1 is 1.50 bits per heavy atom. The first kappa shape index (κ1) is 14.7. The predicted molar refractivity (Wildman–Crippen MR) is 72.6 cm³/mol. The largest absolute Gasteiger partial charge is 0.389 e. The third-order valence-electron chi connectivity index (χ3n) is 2.54. The van der Waals surface area contributed by atoms with Crippen LogP contribution in [-0.2, 0) is 0 Å². The number of hydrogen-bond acceptors (Lipinski definition) is 2. The fourth-order valence-corrected chi connectivity index (χ4v) is 1.43. The van der Waals surface area contributed by atoms with Crippen molar-refractivity contribution in [1.29, 1.82) is 0 Å². The molecule has 0 aliphatic carbocycles. The van der Waals surface area contributed by atoms with E-state index in [1.807, 2.05) is 0 Å². The van der Waals surface area contributed by atoms with Crippen LogP contribution in [0, 0.1) is 12.7 Å². The number of aliphatic hydroxyl groups excluding tert-OH is 1. The van der Waals surface area contributed by atoms with E-state index in [0.29, 0.717) is 11.2 Å². The maximum absolute atomic E-state index is 13.4. The van der Waals surface area contributed by atoms with Gasteiger partial charge in [-0.25, -0.2) is 9.37 Å². The summed E-state index contributed by atoms with van der Waals surface area (Å²) in [4.78, 5) is 4.02. The predicted octanol–water partition coefficient (Wildman–Crippen LogP) is 3.01. The molecule has 0 saturated heterocycles. The molecule has 0 aromatic carbocycles. The number of hydrogen-bond donors (Lipinski definition) is 1. The van der Waals surface area contributed by atoms with Crippen molar-refractivity contribution < 1.29 is 9.50 Å². The number of aliphatic hydroxyl groups is 1. The second-order valence-corrected chi connectivity index (χ2v) is 4.23. The van der Waals surface area contributed by atoms with Crippen LogP contribution < -0.4 is 0 Å². The normalized spacial score (nSPS) is 11.9. The number of aryl methyl sites for hydroxylation is 1. The highest BCUT2D eigenvalue weighted by Gasteiger charge is 2.09. The van der Waals surface area contributed by atoms with Gasteiger partial charge in [0.25, 0.3) is 0 Å². The van der Waals surface area contributed by atoms with Gasteiger partial charge in [0.1, 0.15) is 7.28 Å². The highest BCUT2D eigenvalue weighted by molar-refractivity contribution is 6.33. The fourth-order valence-electron chi connectivity index (χ4n) is 1.43. The number of pyridine rings is 1. The van der Waals surface area contributed by atoms with Crippen LogP contribution in [0.1, 0.15) is 31.2 Å². The van der Waals surface area contributed by atoms with E-state index < -0.39 is 11.9 Å². The van der Waals surface area contributed by atoms with Crippen LogP contribution in [0.15, 0.2) is 18.5 Å². The molecular formula is C13H19BFN2O. The molecule has 5 heteroatoms. The zero-order valence-corrected chi connectivity index (χ0v) is 11.3. The van der Waals surface area contributed by atoms with E-state index in [1.54, 1.807) is 30.6 Å². The van der Waals surface area contributed by atoms with Gasteiger partial charge in [-0.2, -0.15) is 0 Å². The van der Waals surface area contributed by atoms with Gasteiger partial charge in [0.15, 0.2) is 11.5 Å². The van der Waals surface area contributed by atoms with Crippen molar-refractivity contribution in [3.63, 3.8) is 0 Å². The second kappa shape index (κ2) is 6.54. The molecular weight excluding hydrogens is 230 g/mol. The highest BCUT2D eigenvalue weighted by atomic mass is 19.1. The molecule has 1 atom stereocenters. The van der Waals surface area contributed by atoms with Crippen molar-refractivity contribution >= 4 is 12.9 Å². The van der Waals surface area contributed by atoms with Gasteiger partial charge < -0.3 is 9.51 Å². The van der Waals surface area contributed by atoms with Gasteiger partial charge in [0, 0.05) is 12.4 Å². The van der Waals surface area contributed by atoms with Crippen molar-refractivity contribution in [3.05, 3.63) is 35.5 Å². The molecule has 0 spiro atoms. The number of rotatable bonds is 2. The Hall–Kier alpha value is -1.36. The van der Waals surface area contributed by atoms with E-state index in [4.69, 9.17) is 0 Å². The zero-order chi connectivity index (χ0) is 13.7. The van der Waals surface area contributed by atoms with Crippen LogP contribution >= 0.6 is 0 Å². The van der Waals surface area contributed by atoms with Gasteiger partial charge in [-0.05, 0) is 25.5 Å². The van der Waals surface area contributed by atoms with E-state index in [9.17, 15) is 9.50 Å². The van der Waals surface area contributed by atoms with Crippen molar-refractivity contribution in [1.82, 2.24) is 9.38 Å². The standard InChI is InChI=1S/C10H11FN2O.C3H8B/c1-6-4-13-5-8(7(2)14)3-9(11)10(13)12-6;1-3-4-2/h3-5,7,14H,1-2H3;3H2,1-2H3. The molecule has 0 aliphatic heterocycles. The molecule has 97 valence electrons. The Morgan fingerprint density at radius 2 is 2.11 bits per heavy atom. The topological polar surface area (TPSA) is 37.5 Å². The molecule has 2 heterocycles. The molecule has 18 heavy (non-hydrogen) atoms. The van der Waals surface area contributed by atoms with Crippen LogP contribution in [0.3, 0.4) is 0 Å². The van der Waals surface area contributed by atoms with Gasteiger partial charge in [0.05, 0.1) is 11.8 Å². The molecule has 3 nitrogen and oxygen atoms in total. The monoisotopic (exact) mass is 249 g/mol. The number of halogens is 1. The third-order valence-corrected chi connectivity index (χ3v) is 2.54. The molecule has 2 aromatic rings. The minimum Gasteiger partial charge on any atom is -0.389 e. The molecule has 1 N–H and O–H groups in total. The first-order valence-electron chi connectivity index (χ1n) is 6.10. The molecule has 0 amide bonds. The number of fused-ring (bicyclic) bond motifs is 1. The maximum Gasteiger partial charge on any atom is 0.173 e. The van der Waals surface area contributed by atoms with E-state index >= 15 is 0 Å². The van der Waals surface area contributed by atoms with Crippen molar-refractivity contribution in [3.8, 4) is 0 Å². The van der Waals surface area contributed by atoms with Crippen LogP contribution in [0.5, 0.6) is 0 Å². The van der Waals surface area contributed by atoms with Crippen LogP contribution in [-0.4, -0.2) is 21.8 Å². The summed E-state index contributed by atoms with van der Waals surface area (Å²) in [7, 11) is 2.12. The smallest absolute Gasteiger partial charge is 0.173 e. The Balaban J connectivity index is 0.000000357. The lowest BCUT2D eigenvalue weighted by atomic mass is 9.79. The van der Waals surface area contributed by atoms with Gasteiger partial charge in [-0.1, -0.05) is 20.1 Å². The summed E-state index contributed by atoms with van der Waals surface area (Å²) in [6.07, 6.45) is 3.93.